The third-order valence-electron chi connectivity index (χ3n) is 4.91. The van der Waals surface area contributed by atoms with E-state index in [9.17, 15) is 0 Å². The maximum atomic E-state index is 6.27. The lowest BCUT2D eigenvalue weighted by atomic mass is 9.99. The van der Waals surface area contributed by atoms with Gasteiger partial charge in [0.1, 0.15) is 0 Å². The van der Waals surface area contributed by atoms with Crippen LogP contribution in [0.3, 0.4) is 0 Å². The molecule has 2 aromatic rings. The van der Waals surface area contributed by atoms with Gasteiger partial charge < -0.3 is 4.90 Å². The molecule has 4 heterocycles. The number of hydrogen-bond donors (Lipinski definition) is 0. The Balaban J connectivity index is 1.39. The average molecular weight is 334 g/mol. The quantitative estimate of drug-likeness (QED) is 0.832. The second-order valence-corrected chi connectivity index (χ2v) is 7.54. The maximum absolute atomic E-state index is 6.27. The summed E-state index contributed by atoms with van der Waals surface area (Å²) in [5.74, 6) is 0. The van der Waals surface area contributed by atoms with Crippen molar-refractivity contribution in [2.24, 2.45) is 0 Å². The molecular weight excluding hydrogens is 314 g/mol. The first-order valence-corrected chi connectivity index (χ1v) is 9.21. The van der Waals surface area contributed by atoms with Crippen LogP contribution < -0.4 is 4.90 Å². The summed E-state index contributed by atoms with van der Waals surface area (Å²) in [6, 6.07) is 5.05. The van der Waals surface area contributed by atoms with E-state index in [0.29, 0.717) is 6.04 Å². The molecule has 0 radical (unpaired) electrons. The lowest BCUT2D eigenvalue weighted by molar-refractivity contribution is 0.154. The van der Waals surface area contributed by atoms with Gasteiger partial charge in [0.05, 0.1) is 10.7 Å². The summed E-state index contributed by atoms with van der Waals surface area (Å²) >= 11 is 8.19. The van der Waals surface area contributed by atoms with E-state index in [-0.39, 0.29) is 0 Å². The number of nitrogens with zero attached hydrogens (tertiary/aromatic N) is 3. The normalized spacial score (nSPS) is 20.1. The first-order valence-electron chi connectivity index (χ1n) is 7.95. The molecule has 0 amide bonds. The van der Waals surface area contributed by atoms with Gasteiger partial charge in [-0.1, -0.05) is 11.6 Å². The predicted molar refractivity (Wildman–Crippen MR) is 92.9 cm³/mol. The van der Waals surface area contributed by atoms with E-state index < -0.39 is 0 Å². The zero-order chi connectivity index (χ0) is 14.9. The van der Waals surface area contributed by atoms with Crippen LogP contribution in [0, 0.1) is 0 Å². The molecule has 0 spiro atoms. The number of aromatic nitrogens is 1. The van der Waals surface area contributed by atoms with Gasteiger partial charge in [-0.3, -0.25) is 9.88 Å². The van der Waals surface area contributed by atoms with Crippen LogP contribution in [-0.2, 0) is 13.0 Å². The van der Waals surface area contributed by atoms with Crippen LogP contribution >= 0.6 is 22.9 Å². The largest absolute Gasteiger partial charge is 0.370 e. The van der Waals surface area contributed by atoms with E-state index in [1.54, 1.807) is 16.6 Å². The van der Waals surface area contributed by atoms with E-state index in [0.717, 1.165) is 30.3 Å². The molecule has 1 fully saturated rings. The van der Waals surface area contributed by atoms with E-state index in [1.807, 2.05) is 23.6 Å². The minimum atomic E-state index is 0.713. The third-order valence-corrected chi connectivity index (χ3v) is 6.22. The molecule has 0 aliphatic carbocycles. The van der Waals surface area contributed by atoms with Gasteiger partial charge >= 0.3 is 0 Å². The summed E-state index contributed by atoms with van der Waals surface area (Å²) in [5, 5.41) is 3.00. The molecule has 0 bridgehead atoms. The van der Waals surface area contributed by atoms with Crippen molar-refractivity contribution in [3.8, 4) is 0 Å². The van der Waals surface area contributed by atoms with Crippen LogP contribution in [0.2, 0.25) is 5.02 Å². The van der Waals surface area contributed by atoms with Gasteiger partial charge in [0.2, 0.25) is 0 Å². The molecule has 4 rings (SSSR count). The number of pyridine rings is 1. The lowest BCUT2D eigenvalue weighted by Crippen LogP contribution is -2.46. The molecule has 0 aromatic carbocycles. The predicted octanol–water partition coefficient (Wildman–Crippen LogP) is 3.82. The lowest BCUT2D eigenvalue weighted by Gasteiger charge is -2.41. The number of piperidine rings is 1. The minimum absolute atomic E-state index is 0.713. The van der Waals surface area contributed by atoms with Gasteiger partial charge in [0, 0.05) is 49.5 Å². The first kappa shape index (κ1) is 14.5. The van der Waals surface area contributed by atoms with Crippen LogP contribution in [0.25, 0.3) is 0 Å². The highest BCUT2D eigenvalue weighted by Gasteiger charge is 2.28. The fourth-order valence-electron chi connectivity index (χ4n) is 3.68. The van der Waals surface area contributed by atoms with E-state index in [2.05, 4.69) is 26.2 Å². The highest BCUT2D eigenvalue weighted by atomic mass is 35.5. The Hall–Kier alpha value is -1.10. The fourth-order valence-corrected chi connectivity index (χ4v) is 4.81. The van der Waals surface area contributed by atoms with Crippen molar-refractivity contribution >= 4 is 28.6 Å². The number of thiophene rings is 1. The number of hydrogen-bond acceptors (Lipinski definition) is 4. The Morgan fingerprint density at radius 2 is 2.05 bits per heavy atom. The van der Waals surface area contributed by atoms with Crippen molar-refractivity contribution in [3.05, 3.63) is 45.4 Å². The van der Waals surface area contributed by atoms with Crippen molar-refractivity contribution in [2.45, 2.75) is 31.8 Å². The summed E-state index contributed by atoms with van der Waals surface area (Å²) in [5.41, 5.74) is 2.68. The average Bonchev–Trinajstić information content (AvgIpc) is 3.03. The standard InChI is InChI=1S/C17H20ClN3S/c18-15-11-19-6-1-16(15)20-7-2-14(3-8-20)21-9-4-17-13(12-21)5-10-22-17/h1,5-6,10-11,14H,2-4,7-9,12H2. The minimum Gasteiger partial charge on any atom is -0.370 e. The number of anilines is 1. The number of halogens is 1. The van der Waals surface area contributed by atoms with Gasteiger partial charge in [0.15, 0.2) is 0 Å². The van der Waals surface area contributed by atoms with Crippen LogP contribution in [0.15, 0.2) is 29.9 Å². The second kappa shape index (κ2) is 6.19. The second-order valence-electron chi connectivity index (χ2n) is 6.13. The van der Waals surface area contributed by atoms with Gasteiger partial charge in [-0.05, 0) is 42.3 Å². The SMILES string of the molecule is Clc1cnccc1N1CCC(N2CCc3sccc3C2)CC1. The fraction of sp³-hybridized carbons (Fsp3) is 0.471. The Morgan fingerprint density at radius 3 is 2.86 bits per heavy atom. The van der Waals surface area contributed by atoms with Crippen LogP contribution in [-0.4, -0.2) is 35.6 Å². The molecule has 0 atom stereocenters. The summed E-state index contributed by atoms with van der Waals surface area (Å²) in [7, 11) is 0. The number of fused-ring (bicyclic) bond motifs is 1. The van der Waals surface area contributed by atoms with Gasteiger partial charge in [-0.25, -0.2) is 0 Å². The molecule has 3 nitrogen and oxygen atoms in total. The van der Waals surface area contributed by atoms with E-state index in [1.165, 1.54) is 25.8 Å². The van der Waals surface area contributed by atoms with Crippen molar-refractivity contribution < 1.29 is 0 Å². The molecule has 5 heteroatoms. The Morgan fingerprint density at radius 1 is 1.18 bits per heavy atom. The Kier molecular flexibility index (Phi) is 4.07. The van der Waals surface area contributed by atoms with Crippen molar-refractivity contribution in [2.75, 3.05) is 24.5 Å². The molecular formula is C17H20ClN3S. The summed E-state index contributed by atoms with van der Waals surface area (Å²) in [4.78, 5) is 10.8. The smallest absolute Gasteiger partial charge is 0.0822 e. The molecule has 0 saturated carbocycles. The van der Waals surface area contributed by atoms with Gasteiger partial charge in [-0.15, -0.1) is 11.3 Å². The Bertz CT molecular complexity index is 649. The van der Waals surface area contributed by atoms with E-state index in [4.69, 9.17) is 11.6 Å². The molecule has 2 aromatic heterocycles. The zero-order valence-electron chi connectivity index (χ0n) is 12.5. The summed E-state index contributed by atoms with van der Waals surface area (Å²) < 4.78 is 0. The molecule has 2 aliphatic rings. The van der Waals surface area contributed by atoms with Crippen LogP contribution in [0.4, 0.5) is 5.69 Å². The summed E-state index contributed by atoms with van der Waals surface area (Å²) in [6.45, 7) is 4.52. The number of rotatable bonds is 2. The zero-order valence-corrected chi connectivity index (χ0v) is 14.1. The maximum Gasteiger partial charge on any atom is 0.0822 e. The highest BCUT2D eigenvalue weighted by Crippen LogP contribution is 2.31. The van der Waals surface area contributed by atoms with Crippen LogP contribution in [0.1, 0.15) is 23.3 Å². The molecule has 22 heavy (non-hydrogen) atoms. The van der Waals surface area contributed by atoms with Crippen LogP contribution in [0.5, 0.6) is 0 Å². The molecule has 1 saturated heterocycles. The monoisotopic (exact) mass is 333 g/mol. The van der Waals surface area contributed by atoms with Crippen molar-refractivity contribution in [1.29, 1.82) is 0 Å². The molecule has 0 N–H and O–H groups in total. The summed E-state index contributed by atoms with van der Waals surface area (Å²) in [6.07, 6.45) is 7.24. The topological polar surface area (TPSA) is 19.4 Å². The van der Waals surface area contributed by atoms with Gasteiger partial charge in [0.25, 0.3) is 0 Å². The Labute approximate surface area is 140 Å². The molecule has 2 aliphatic heterocycles. The van der Waals surface area contributed by atoms with Crippen molar-refractivity contribution in [1.82, 2.24) is 9.88 Å². The first-order chi connectivity index (χ1) is 10.8. The highest BCUT2D eigenvalue weighted by molar-refractivity contribution is 7.10. The third kappa shape index (κ3) is 2.75. The van der Waals surface area contributed by atoms with E-state index >= 15 is 0 Å². The van der Waals surface area contributed by atoms with Gasteiger partial charge in [-0.2, -0.15) is 0 Å². The molecule has 116 valence electrons. The van der Waals surface area contributed by atoms with Crippen molar-refractivity contribution in [3.63, 3.8) is 0 Å². The molecule has 0 unspecified atom stereocenters.